The van der Waals surface area contributed by atoms with Crippen LogP contribution in [-0.4, -0.2) is 31.5 Å². The summed E-state index contributed by atoms with van der Waals surface area (Å²) >= 11 is 0. The van der Waals surface area contributed by atoms with Gasteiger partial charge in [-0.05, 0) is 43.3 Å². The molecule has 0 amide bonds. The molecule has 2 aromatic carbocycles. The van der Waals surface area contributed by atoms with E-state index in [-0.39, 0.29) is 5.97 Å². The van der Waals surface area contributed by atoms with E-state index in [9.17, 15) is 4.79 Å². The molecule has 0 unspecified atom stereocenters. The van der Waals surface area contributed by atoms with Gasteiger partial charge in [-0.3, -0.25) is 4.79 Å². The van der Waals surface area contributed by atoms with Crippen molar-refractivity contribution in [2.75, 3.05) is 20.6 Å². The summed E-state index contributed by atoms with van der Waals surface area (Å²) in [6.45, 7) is 2.82. The van der Waals surface area contributed by atoms with Crippen LogP contribution in [0.25, 0.3) is 5.57 Å². The molecule has 0 aliphatic carbocycles. The third kappa shape index (κ3) is 3.91. The molecule has 0 spiro atoms. The van der Waals surface area contributed by atoms with Gasteiger partial charge in [-0.2, -0.15) is 0 Å². The molecule has 1 heterocycles. The van der Waals surface area contributed by atoms with Crippen molar-refractivity contribution in [2.24, 2.45) is 0 Å². The molecule has 0 atom stereocenters. The first-order valence-electron chi connectivity index (χ1n) is 8.44. The average molecular weight is 337 g/mol. The SMILES string of the molecule is CC(=O)Oc1cccc2c1OCc1ccccc1/C2=C/CCN(C)C. The summed E-state index contributed by atoms with van der Waals surface area (Å²) in [6.07, 6.45) is 3.16. The largest absolute Gasteiger partial charge is 0.484 e. The van der Waals surface area contributed by atoms with Crippen LogP contribution in [-0.2, 0) is 11.4 Å². The number of para-hydroxylation sites is 1. The van der Waals surface area contributed by atoms with Gasteiger partial charge in [-0.25, -0.2) is 0 Å². The summed E-state index contributed by atoms with van der Waals surface area (Å²) < 4.78 is 11.4. The first-order valence-corrected chi connectivity index (χ1v) is 8.44. The first kappa shape index (κ1) is 17.2. The molecular formula is C21H23NO3. The molecular weight excluding hydrogens is 314 g/mol. The number of rotatable bonds is 4. The van der Waals surface area contributed by atoms with E-state index in [4.69, 9.17) is 9.47 Å². The molecule has 1 aliphatic heterocycles. The molecule has 25 heavy (non-hydrogen) atoms. The Kier molecular flexibility index (Phi) is 5.19. The number of carbonyl (C=O) groups excluding carboxylic acids is 1. The second-order valence-corrected chi connectivity index (χ2v) is 6.38. The maximum absolute atomic E-state index is 11.4. The van der Waals surface area contributed by atoms with Gasteiger partial charge in [0.05, 0.1) is 0 Å². The van der Waals surface area contributed by atoms with Gasteiger partial charge >= 0.3 is 5.97 Å². The van der Waals surface area contributed by atoms with Crippen molar-refractivity contribution in [2.45, 2.75) is 20.0 Å². The van der Waals surface area contributed by atoms with Crippen molar-refractivity contribution in [1.82, 2.24) is 4.90 Å². The number of nitrogens with zero attached hydrogens (tertiary/aromatic N) is 1. The Bertz CT molecular complexity index is 809. The molecule has 4 nitrogen and oxygen atoms in total. The number of fused-ring (bicyclic) bond motifs is 2. The highest BCUT2D eigenvalue weighted by Gasteiger charge is 2.22. The predicted octanol–water partition coefficient (Wildman–Crippen LogP) is 3.89. The summed E-state index contributed by atoms with van der Waals surface area (Å²) in [5.41, 5.74) is 4.38. The second kappa shape index (κ2) is 7.53. The maximum Gasteiger partial charge on any atom is 0.308 e. The molecule has 0 saturated carbocycles. The number of benzene rings is 2. The molecule has 0 N–H and O–H groups in total. The van der Waals surface area contributed by atoms with Crippen molar-refractivity contribution < 1.29 is 14.3 Å². The minimum absolute atomic E-state index is 0.350. The van der Waals surface area contributed by atoms with E-state index >= 15 is 0 Å². The van der Waals surface area contributed by atoms with Gasteiger partial charge in [0.15, 0.2) is 11.5 Å². The van der Waals surface area contributed by atoms with Gasteiger partial charge in [-0.1, -0.05) is 42.5 Å². The van der Waals surface area contributed by atoms with Crippen molar-refractivity contribution >= 4 is 11.5 Å². The molecule has 0 saturated heterocycles. The van der Waals surface area contributed by atoms with E-state index < -0.39 is 0 Å². The first-order chi connectivity index (χ1) is 12.1. The zero-order chi connectivity index (χ0) is 17.8. The summed E-state index contributed by atoms with van der Waals surface area (Å²) in [6, 6.07) is 13.9. The Hall–Kier alpha value is -2.59. The maximum atomic E-state index is 11.4. The molecule has 2 aromatic rings. The van der Waals surface area contributed by atoms with Gasteiger partial charge in [0.25, 0.3) is 0 Å². The smallest absolute Gasteiger partial charge is 0.308 e. The number of esters is 1. The molecule has 0 radical (unpaired) electrons. The van der Waals surface area contributed by atoms with Gasteiger partial charge < -0.3 is 14.4 Å². The van der Waals surface area contributed by atoms with Crippen LogP contribution in [0.1, 0.15) is 30.0 Å². The van der Waals surface area contributed by atoms with Crippen LogP contribution in [0.2, 0.25) is 0 Å². The molecule has 0 fully saturated rings. The van der Waals surface area contributed by atoms with Crippen molar-refractivity contribution in [3.8, 4) is 11.5 Å². The fourth-order valence-corrected chi connectivity index (χ4v) is 3.00. The average Bonchev–Trinajstić information content (AvgIpc) is 2.72. The second-order valence-electron chi connectivity index (χ2n) is 6.38. The molecule has 0 bridgehead atoms. The van der Waals surface area contributed by atoms with Crippen LogP contribution in [0, 0.1) is 0 Å². The van der Waals surface area contributed by atoms with Gasteiger partial charge in [0.2, 0.25) is 0 Å². The van der Waals surface area contributed by atoms with Crippen LogP contribution in [0.15, 0.2) is 48.5 Å². The summed E-state index contributed by atoms with van der Waals surface area (Å²) in [5.74, 6) is 0.748. The zero-order valence-electron chi connectivity index (χ0n) is 14.9. The minimum Gasteiger partial charge on any atom is -0.484 e. The topological polar surface area (TPSA) is 38.8 Å². The number of ether oxygens (including phenoxy) is 2. The molecule has 0 aromatic heterocycles. The molecule has 1 aliphatic rings. The van der Waals surface area contributed by atoms with Crippen LogP contribution in [0.4, 0.5) is 0 Å². The van der Waals surface area contributed by atoms with Crippen LogP contribution in [0.3, 0.4) is 0 Å². The Morgan fingerprint density at radius 3 is 2.68 bits per heavy atom. The fraction of sp³-hybridized carbons (Fsp3) is 0.286. The lowest BCUT2D eigenvalue weighted by atomic mass is 9.93. The van der Waals surface area contributed by atoms with E-state index in [0.29, 0.717) is 18.1 Å². The molecule has 3 rings (SSSR count). The monoisotopic (exact) mass is 337 g/mol. The number of hydrogen-bond acceptors (Lipinski definition) is 4. The third-order valence-electron chi connectivity index (χ3n) is 4.13. The van der Waals surface area contributed by atoms with Gasteiger partial charge in [-0.15, -0.1) is 0 Å². The highest BCUT2D eigenvalue weighted by Crippen LogP contribution is 2.42. The normalized spacial score (nSPS) is 14.5. The third-order valence-corrected chi connectivity index (χ3v) is 4.13. The Morgan fingerprint density at radius 2 is 1.92 bits per heavy atom. The summed E-state index contributed by atoms with van der Waals surface area (Å²) in [7, 11) is 4.13. The predicted molar refractivity (Wildman–Crippen MR) is 98.8 cm³/mol. The lowest BCUT2D eigenvalue weighted by Crippen LogP contribution is -2.12. The van der Waals surface area contributed by atoms with Crippen LogP contribution >= 0.6 is 0 Å². The summed E-state index contributed by atoms with van der Waals surface area (Å²) in [5, 5.41) is 0. The van der Waals surface area contributed by atoms with Gasteiger partial charge in [0, 0.05) is 19.0 Å². The molecule has 130 valence electrons. The number of carbonyl (C=O) groups is 1. The summed E-state index contributed by atoms with van der Waals surface area (Å²) in [4.78, 5) is 13.6. The minimum atomic E-state index is -0.350. The van der Waals surface area contributed by atoms with Crippen molar-refractivity contribution in [3.05, 3.63) is 65.2 Å². The number of hydrogen-bond donors (Lipinski definition) is 0. The fourth-order valence-electron chi connectivity index (χ4n) is 3.00. The lowest BCUT2D eigenvalue weighted by Gasteiger charge is -2.14. The van der Waals surface area contributed by atoms with E-state index in [0.717, 1.165) is 29.7 Å². The van der Waals surface area contributed by atoms with Crippen molar-refractivity contribution in [3.63, 3.8) is 0 Å². The van der Waals surface area contributed by atoms with Gasteiger partial charge in [0.1, 0.15) is 6.61 Å². The highest BCUT2D eigenvalue weighted by molar-refractivity contribution is 5.86. The standard InChI is InChI=1S/C21H23NO3/c1-15(23)25-20-12-6-10-19-18(11-7-13-22(2)3)17-9-5-4-8-16(17)14-24-21(19)20/h4-6,8-12H,7,13-14H2,1-3H3/b18-11-. The van der Waals surface area contributed by atoms with E-state index in [1.54, 1.807) is 6.07 Å². The Morgan fingerprint density at radius 1 is 1.16 bits per heavy atom. The van der Waals surface area contributed by atoms with Crippen molar-refractivity contribution in [1.29, 1.82) is 0 Å². The Labute approximate surface area is 148 Å². The zero-order valence-corrected chi connectivity index (χ0v) is 14.9. The molecule has 4 heteroatoms. The quantitative estimate of drug-likeness (QED) is 0.627. The lowest BCUT2D eigenvalue weighted by molar-refractivity contribution is -0.132. The highest BCUT2D eigenvalue weighted by atomic mass is 16.6. The van der Waals surface area contributed by atoms with Crippen LogP contribution in [0.5, 0.6) is 11.5 Å². The van der Waals surface area contributed by atoms with E-state index in [1.807, 2.05) is 24.3 Å². The van der Waals surface area contributed by atoms with E-state index in [2.05, 4.69) is 37.2 Å². The van der Waals surface area contributed by atoms with E-state index in [1.165, 1.54) is 12.5 Å². The van der Waals surface area contributed by atoms with Crippen LogP contribution < -0.4 is 9.47 Å². The Balaban J connectivity index is 2.11.